The molecule has 9 nitrogen and oxygen atoms in total. The number of nitro groups is 1. The smallest absolute Gasteiger partial charge is 0.280 e. The lowest BCUT2D eigenvalue weighted by atomic mass is 10.1. The summed E-state index contributed by atoms with van der Waals surface area (Å²) in [5, 5.41) is 12.1. The molecule has 0 saturated carbocycles. The van der Waals surface area contributed by atoms with Crippen LogP contribution >= 0.6 is 23.2 Å². The normalized spacial score (nSPS) is 10.7. The average Bonchev–Trinajstić information content (AvgIpc) is 2.80. The highest BCUT2D eigenvalue weighted by molar-refractivity contribution is 6.35. The quantitative estimate of drug-likeness (QED) is 0.319. The standard InChI is InChI=1S/C22H14Cl2N4O5/c23-14-8-9-19(17(24)11-14)33-12-20(29)26-27-21(13-4-3-5-15(10-13)28(31)32)25-18-7-2-1-6-16(18)22(27)30/h1-11H,12H2,(H,26,29). The first-order valence-corrected chi connectivity index (χ1v) is 10.2. The van der Waals surface area contributed by atoms with Gasteiger partial charge in [0.25, 0.3) is 17.2 Å². The van der Waals surface area contributed by atoms with Gasteiger partial charge in [0.2, 0.25) is 0 Å². The topological polar surface area (TPSA) is 116 Å². The van der Waals surface area contributed by atoms with Crippen molar-refractivity contribution in [2.45, 2.75) is 0 Å². The van der Waals surface area contributed by atoms with Crippen LogP contribution in [-0.2, 0) is 4.79 Å². The zero-order chi connectivity index (χ0) is 23.5. The van der Waals surface area contributed by atoms with Crippen molar-refractivity contribution in [2.24, 2.45) is 0 Å². The Morgan fingerprint density at radius 1 is 1.09 bits per heavy atom. The van der Waals surface area contributed by atoms with Crippen LogP contribution in [0.1, 0.15) is 0 Å². The Morgan fingerprint density at radius 2 is 1.88 bits per heavy atom. The number of nitrogens with one attached hydrogen (secondary N) is 1. The van der Waals surface area contributed by atoms with E-state index < -0.39 is 23.0 Å². The first kappa shape index (κ1) is 22.3. The van der Waals surface area contributed by atoms with Crippen LogP contribution in [0, 0.1) is 10.1 Å². The minimum absolute atomic E-state index is 0.0280. The Bertz CT molecular complexity index is 1450. The molecule has 3 aromatic carbocycles. The van der Waals surface area contributed by atoms with E-state index in [9.17, 15) is 19.7 Å². The second-order valence-electron chi connectivity index (χ2n) is 6.80. The van der Waals surface area contributed by atoms with Crippen LogP contribution in [0.15, 0.2) is 71.5 Å². The Balaban J connectivity index is 1.71. The SMILES string of the molecule is O=C(COc1ccc(Cl)cc1Cl)Nn1c(-c2cccc([N+](=O)[O-])c2)nc2ccccc2c1=O. The highest BCUT2D eigenvalue weighted by Crippen LogP contribution is 2.27. The van der Waals surface area contributed by atoms with Crippen molar-refractivity contribution in [1.82, 2.24) is 9.66 Å². The molecular formula is C22H14Cl2N4O5. The molecule has 1 amide bonds. The highest BCUT2D eigenvalue weighted by Gasteiger charge is 2.17. The fourth-order valence-corrected chi connectivity index (χ4v) is 3.54. The van der Waals surface area contributed by atoms with Gasteiger partial charge in [0.05, 0.1) is 20.8 Å². The molecule has 0 aliphatic rings. The molecule has 1 aromatic heterocycles. The maximum atomic E-state index is 13.1. The molecule has 166 valence electrons. The number of carbonyl (C=O) groups excluding carboxylic acids is 1. The maximum absolute atomic E-state index is 13.1. The minimum Gasteiger partial charge on any atom is -0.482 e. The molecule has 0 bridgehead atoms. The third-order valence-corrected chi connectivity index (χ3v) is 5.11. The van der Waals surface area contributed by atoms with Crippen LogP contribution in [0.3, 0.4) is 0 Å². The highest BCUT2D eigenvalue weighted by atomic mass is 35.5. The first-order chi connectivity index (χ1) is 15.8. The first-order valence-electron chi connectivity index (χ1n) is 9.48. The molecule has 0 unspecified atom stereocenters. The summed E-state index contributed by atoms with van der Waals surface area (Å²) in [6.07, 6.45) is 0. The number of halogens is 2. The summed E-state index contributed by atoms with van der Waals surface area (Å²) in [5.74, 6) is -0.411. The van der Waals surface area contributed by atoms with Gasteiger partial charge in [0, 0.05) is 22.7 Å². The van der Waals surface area contributed by atoms with Gasteiger partial charge in [-0.2, -0.15) is 4.68 Å². The average molecular weight is 485 g/mol. The van der Waals surface area contributed by atoms with E-state index in [0.717, 1.165) is 4.68 Å². The summed E-state index contributed by atoms with van der Waals surface area (Å²) in [5.41, 5.74) is 2.36. The van der Waals surface area contributed by atoms with Crippen LogP contribution < -0.4 is 15.7 Å². The van der Waals surface area contributed by atoms with Crippen molar-refractivity contribution in [3.63, 3.8) is 0 Å². The largest absolute Gasteiger partial charge is 0.482 e. The number of ether oxygens (including phenoxy) is 1. The second kappa shape index (κ2) is 9.27. The van der Waals surface area contributed by atoms with Gasteiger partial charge in [-0.3, -0.25) is 25.1 Å². The van der Waals surface area contributed by atoms with E-state index in [1.165, 1.54) is 30.3 Å². The summed E-state index contributed by atoms with van der Waals surface area (Å²) in [6, 6.07) is 16.7. The monoisotopic (exact) mass is 484 g/mol. The van der Waals surface area contributed by atoms with E-state index in [1.807, 2.05) is 0 Å². The molecule has 0 fully saturated rings. The van der Waals surface area contributed by atoms with E-state index in [0.29, 0.717) is 10.5 Å². The number of nitrogens with zero attached hydrogens (tertiary/aromatic N) is 3. The Labute approximate surface area is 196 Å². The maximum Gasteiger partial charge on any atom is 0.280 e. The third-order valence-electron chi connectivity index (χ3n) is 4.58. The molecule has 0 radical (unpaired) electrons. The number of non-ortho nitro benzene ring substituents is 1. The van der Waals surface area contributed by atoms with Gasteiger partial charge in [0.15, 0.2) is 12.4 Å². The molecule has 0 saturated heterocycles. The number of benzene rings is 3. The van der Waals surface area contributed by atoms with Crippen molar-refractivity contribution >= 4 is 45.7 Å². The van der Waals surface area contributed by atoms with Gasteiger partial charge in [-0.15, -0.1) is 0 Å². The Morgan fingerprint density at radius 3 is 2.64 bits per heavy atom. The second-order valence-corrected chi connectivity index (χ2v) is 7.64. The van der Waals surface area contributed by atoms with Crippen LogP contribution in [0.4, 0.5) is 5.69 Å². The third kappa shape index (κ3) is 4.79. The number of hydrogen-bond donors (Lipinski definition) is 1. The van der Waals surface area contributed by atoms with Crippen molar-refractivity contribution in [3.8, 4) is 17.1 Å². The van der Waals surface area contributed by atoms with Crippen molar-refractivity contribution in [3.05, 3.63) is 97.2 Å². The fourth-order valence-electron chi connectivity index (χ4n) is 3.08. The van der Waals surface area contributed by atoms with Gasteiger partial charge in [-0.05, 0) is 30.3 Å². The molecule has 11 heteroatoms. The predicted molar refractivity (Wildman–Crippen MR) is 124 cm³/mol. The number of rotatable bonds is 6. The van der Waals surface area contributed by atoms with Crippen LogP contribution in [0.2, 0.25) is 10.0 Å². The number of para-hydroxylation sites is 1. The lowest BCUT2D eigenvalue weighted by Gasteiger charge is -2.15. The van der Waals surface area contributed by atoms with E-state index in [1.54, 1.807) is 36.4 Å². The summed E-state index contributed by atoms with van der Waals surface area (Å²) >= 11 is 11.9. The van der Waals surface area contributed by atoms with Crippen LogP contribution in [-0.4, -0.2) is 27.1 Å². The van der Waals surface area contributed by atoms with Crippen LogP contribution in [0.5, 0.6) is 5.75 Å². The summed E-state index contributed by atoms with van der Waals surface area (Å²) < 4.78 is 6.36. The number of carbonyl (C=O) groups is 1. The van der Waals surface area contributed by atoms with Gasteiger partial charge >= 0.3 is 0 Å². The predicted octanol–water partition coefficient (Wildman–Crippen LogP) is 4.43. The molecule has 0 aliphatic heterocycles. The van der Waals surface area contributed by atoms with Gasteiger partial charge in [0.1, 0.15) is 5.75 Å². The molecule has 4 aromatic rings. The van der Waals surface area contributed by atoms with Gasteiger partial charge in [-0.1, -0.05) is 47.5 Å². The molecule has 0 aliphatic carbocycles. The summed E-state index contributed by atoms with van der Waals surface area (Å²) in [6.45, 7) is -0.463. The minimum atomic E-state index is -0.674. The lowest BCUT2D eigenvalue weighted by molar-refractivity contribution is -0.384. The van der Waals surface area contributed by atoms with Gasteiger partial charge in [-0.25, -0.2) is 4.98 Å². The molecule has 0 atom stereocenters. The number of fused-ring (bicyclic) bond motifs is 1. The van der Waals surface area contributed by atoms with E-state index in [2.05, 4.69) is 10.4 Å². The number of nitro benzene ring substituents is 1. The summed E-state index contributed by atoms with van der Waals surface area (Å²) in [7, 11) is 0. The zero-order valence-electron chi connectivity index (χ0n) is 16.7. The molecule has 0 spiro atoms. The number of hydrogen-bond acceptors (Lipinski definition) is 6. The van der Waals surface area contributed by atoms with E-state index in [4.69, 9.17) is 27.9 Å². The van der Waals surface area contributed by atoms with Gasteiger partial charge < -0.3 is 4.74 Å². The molecular weight excluding hydrogens is 471 g/mol. The van der Waals surface area contributed by atoms with Crippen molar-refractivity contribution in [1.29, 1.82) is 0 Å². The lowest BCUT2D eigenvalue weighted by Crippen LogP contribution is -2.37. The Kier molecular flexibility index (Phi) is 6.25. The molecule has 4 rings (SSSR count). The molecule has 1 N–H and O–H groups in total. The number of amides is 1. The van der Waals surface area contributed by atoms with Crippen LogP contribution in [0.25, 0.3) is 22.3 Å². The van der Waals surface area contributed by atoms with E-state index in [-0.39, 0.29) is 33.2 Å². The summed E-state index contributed by atoms with van der Waals surface area (Å²) in [4.78, 5) is 40.8. The molecule has 33 heavy (non-hydrogen) atoms. The van der Waals surface area contributed by atoms with E-state index >= 15 is 0 Å². The fraction of sp³-hybridized carbons (Fsp3) is 0.0455. The Hall–Kier alpha value is -3.95. The zero-order valence-corrected chi connectivity index (χ0v) is 18.2. The molecule has 1 heterocycles. The van der Waals surface area contributed by atoms with Crippen molar-refractivity contribution in [2.75, 3.05) is 12.0 Å². The van der Waals surface area contributed by atoms with Crippen molar-refractivity contribution < 1.29 is 14.5 Å². The number of aromatic nitrogens is 2.